The third-order valence-electron chi connectivity index (χ3n) is 6.68. The van der Waals surface area contributed by atoms with E-state index in [-0.39, 0.29) is 11.7 Å². The van der Waals surface area contributed by atoms with Crippen LogP contribution in [0.5, 0.6) is 0 Å². The third kappa shape index (κ3) is 5.59. The van der Waals surface area contributed by atoms with E-state index < -0.39 is 6.17 Å². The van der Waals surface area contributed by atoms with E-state index in [2.05, 4.69) is 62.1 Å². The maximum absolute atomic E-state index is 14.5. The van der Waals surface area contributed by atoms with E-state index in [1.807, 2.05) is 0 Å². The molecule has 0 spiro atoms. The van der Waals surface area contributed by atoms with Gasteiger partial charge >= 0.3 is 0 Å². The summed E-state index contributed by atoms with van der Waals surface area (Å²) in [6.45, 7) is 5.80. The summed E-state index contributed by atoms with van der Waals surface area (Å²) in [6.07, 6.45) is 15.6. The highest BCUT2D eigenvalue weighted by atomic mass is 19.1. The smallest absolute Gasteiger partial charge is 0.107 e. The van der Waals surface area contributed by atoms with Gasteiger partial charge in [-0.2, -0.15) is 0 Å². The van der Waals surface area contributed by atoms with Crippen molar-refractivity contribution < 1.29 is 9.50 Å². The summed E-state index contributed by atoms with van der Waals surface area (Å²) in [7, 11) is 0. The van der Waals surface area contributed by atoms with Crippen molar-refractivity contribution in [3.8, 4) is 0 Å². The van der Waals surface area contributed by atoms with Crippen molar-refractivity contribution in [3.63, 3.8) is 0 Å². The Hall–Kier alpha value is -1.83. The molecular weight excluding hydrogens is 347 g/mol. The molecule has 2 aliphatic rings. The van der Waals surface area contributed by atoms with Crippen LogP contribution in [-0.4, -0.2) is 11.3 Å². The van der Waals surface area contributed by atoms with Crippen LogP contribution in [0.1, 0.15) is 56.6 Å². The fraction of sp³-hybridized carbons (Fsp3) is 0.538. The van der Waals surface area contributed by atoms with Crippen LogP contribution in [-0.2, 0) is 12.8 Å². The molecule has 1 saturated carbocycles. The van der Waals surface area contributed by atoms with Gasteiger partial charge in [0.1, 0.15) is 6.17 Å². The standard InChI is InChI=1S/C26H35FO/c1-19(24-17-22-11-7-8-12-23(22)18-24)13-15-25-21(14-16-26(25)27)10-6-4-3-5-9-20(2)28/h4,6-8,11-13,15,19,21,24-26,28H,2-3,5,9-10,14,16-18H2,1H3/b6-4-,15-13+. The van der Waals surface area contributed by atoms with Crippen molar-refractivity contribution in [1.82, 2.24) is 0 Å². The number of allylic oxidation sites excluding steroid dienone is 5. The summed E-state index contributed by atoms with van der Waals surface area (Å²) < 4.78 is 14.5. The van der Waals surface area contributed by atoms with Gasteiger partial charge in [-0.05, 0) is 73.8 Å². The summed E-state index contributed by atoms with van der Waals surface area (Å²) >= 11 is 0. The lowest BCUT2D eigenvalue weighted by Crippen LogP contribution is -2.15. The lowest BCUT2D eigenvalue weighted by Gasteiger charge is -2.19. The molecule has 2 heteroatoms. The number of benzene rings is 1. The number of hydrogen-bond acceptors (Lipinski definition) is 1. The lowest BCUT2D eigenvalue weighted by atomic mass is 9.87. The lowest BCUT2D eigenvalue weighted by molar-refractivity contribution is 0.270. The van der Waals surface area contributed by atoms with Gasteiger partial charge in [0.05, 0.1) is 5.76 Å². The van der Waals surface area contributed by atoms with Gasteiger partial charge in [-0.25, -0.2) is 4.39 Å². The van der Waals surface area contributed by atoms with Crippen LogP contribution in [0.3, 0.4) is 0 Å². The monoisotopic (exact) mass is 382 g/mol. The van der Waals surface area contributed by atoms with Crippen LogP contribution < -0.4 is 0 Å². The Kier molecular flexibility index (Phi) is 7.53. The van der Waals surface area contributed by atoms with Gasteiger partial charge in [-0.1, -0.05) is 62.1 Å². The Balaban J connectivity index is 1.48. The average molecular weight is 383 g/mol. The van der Waals surface area contributed by atoms with Crippen LogP contribution in [0.25, 0.3) is 0 Å². The maximum Gasteiger partial charge on any atom is 0.107 e. The van der Waals surface area contributed by atoms with E-state index in [4.69, 9.17) is 5.11 Å². The molecule has 2 aliphatic carbocycles. The van der Waals surface area contributed by atoms with Crippen LogP contribution in [0, 0.1) is 23.7 Å². The Morgan fingerprint density at radius 1 is 1.21 bits per heavy atom. The van der Waals surface area contributed by atoms with Crippen LogP contribution in [0.2, 0.25) is 0 Å². The van der Waals surface area contributed by atoms with Crippen molar-refractivity contribution in [2.45, 2.75) is 64.5 Å². The number of halogens is 1. The van der Waals surface area contributed by atoms with E-state index in [1.165, 1.54) is 11.1 Å². The highest BCUT2D eigenvalue weighted by molar-refractivity contribution is 5.32. The van der Waals surface area contributed by atoms with Crippen LogP contribution in [0.4, 0.5) is 4.39 Å². The van der Waals surface area contributed by atoms with E-state index in [0.29, 0.717) is 30.6 Å². The molecule has 1 aromatic carbocycles. The molecule has 1 fully saturated rings. The molecule has 0 heterocycles. The number of fused-ring (bicyclic) bond motifs is 1. The van der Waals surface area contributed by atoms with E-state index in [9.17, 15) is 4.39 Å². The number of alkyl halides is 1. The van der Waals surface area contributed by atoms with Gasteiger partial charge in [-0.15, -0.1) is 0 Å². The second kappa shape index (κ2) is 10.1. The molecule has 4 unspecified atom stereocenters. The molecule has 0 aromatic heterocycles. The largest absolute Gasteiger partial charge is 0.513 e. The topological polar surface area (TPSA) is 20.2 Å². The molecule has 1 nitrogen and oxygen atoms in total. The van der Waals surface area contributed by atoms with Crippen molar-refractivity contribution in [3.05, 3.63) is 72.0 Å². The summed E-state index contributed by atoms with van der Waals surface area (Å²) in [5.41, 5.74) is 2.98. The van der Waals surface area contributed by atoms with Crippen LogP contribution >= 0.6 is 0 Å². The highest BCUT2D eigenvalue weighted by Gasteiger charge is 2.34. The van der Waals surface area contributed by atoms with Gasteiger partial charge in [0, 0.05) is 12.3 Å². The number of aliphatic hydroxyl groups excluding tert-OH is 1. The average Bonchev–Trinajstić information content (AvgIpc) is 3.26. The number of aliphatic hydroxyl groups is 1. The van der Waals surface area contributed by atoms with Gasteiger partial charge in [-0.3, -0.25) is 0 Å². The van der Waals surface area contributed by atoms with Crippen molar-refractivity contribution in [2.24, 2.45) is 23.7 Å². The maximum atomic E-state index is 14.5. The Morgan fingerprint density at radius 2 is 1.93 bits per heavy atom. The zero-order valence-corrected chi connectivity index (χ0v) is 17.2. The summed E-state index contributed by atoms with van der Waals surface area (Å²) in [5, 5.41) is 9.11. The van der Waals surface area contributed by atoms with Gasteiger partial charge in [0.15, 0.2) is 0 Å². The Morgan fingerprint density at radius 3 is 2.61 bits per heavy atom. The van der Waals surface area contributed by atoms with E-state index in [1.54, 1.807) is 0 Å². The van der Waals surface area contributed by atoms with Crippen molar-refractivity contribution in [2.75, 3.05) is 0 Å². The number of unbranched alkanes of at least 4 members (excludes halogenated alkanes) is 1. The molecule has 3 rings (SSSR count). The molecule has 1 aromatic rings. The molecular formula is C26H35FO. The molecule has 152 valence electrons. The normalized spacial score (nSPS) is 26.3. The summed E-state index contributed by atoms with van der Waals surface area (Å²) in [4.78, 5) is 0. The fourth-order valence-electron chi connectivity index (χ4n) is 4.84. The Bertz CT molecular complexity index is 679. The van der Waals surface area contributed by atoms with E-state index >= 15 is 0 Å². The predicted octanol–water partition coefficient (Wildman–Crippen LogP) is 7.15. The molecule has 0 bridgehead atoms. The van der Waals surface area contributed by atoms with Gasteiger partial charge in [0.2, 0.25) is 0 Å². The fourth-order valence-corrected chi connectivity index (χ4v) is 4.84. The quantitative estimate of drug-likeness (QED) is 0.273. The molecule has 0 aliphatic heterocycles. The second-order valence-electron chi connectivity index (χ2n) is 8.78. The molecule has 28 heavy (non-hydrogen) atoms. The molecule has 0 saturated heterocycles. The second-order valence-corrected chi connectivity index (χ2v) is 8.78. The zero-order valence-electron chi connectivity index (χ0n) is 17.2. The first kappa shape index (κ1) is 20.9. The Labute approximate surface area is 170 Å². The third-order valence-corrected chi connectivity index (χ3v) is 6.68. The molecule has 0 radical (unpaired) electrons. The van der Waals surface area contributed by atoms with Gasteiger partial charge in [0.25, 0.3) is 0 Å². The summed E-state index contributed by atoms with van der Waals surface area (Å²) in [6, 6.07) is 8.76. The van der Waals surface area contributed by atoms with Crippen molar-refractivity contribution >= 4 is 0 Å². The highest BCUT2D eigenvalue weighted by Crippen LogP contribution is 2.39. The molecule has 1 N–H and O–H groups in total. The predicted molar refractivity (Wildman–Crippen MR) is 116 cm³/mol. The minimum absolute atomic E-state index is 0.0631. The first-order chi connectivity index (χ1) is 13.5. The number of rotatable bonds is 9. The summed E-state index contributed by atoms with van der Waals surface area (Å²) in [5.74, 6) is 1.88. The SMILES string of the molecule is C=C(O)CCC/C=C\CC1CCC(F)C1/C=C/C(C)C1Cc2ccccc2C1. The minimum Gasteiger partial charge on any atom is -0.513 e. The first-order valence-electron chi connectivity index (χ1n) is 11.0. The van der Waals surface area contributed by atoms with Crippen molar-refractivity contribution in [1.29, 1.82) is 0 Å². The van der Waals surface area contributed by atoms with Gasteiger partial charge < -0.3 is 5.11 Å². The first-order valence-corrected chi connectivity index (χ1v) is 11.0. The minimum atomic E-state index is -0.694. The molecule has 4 atom stereocenters. The van der Waals surface area contributed by atoms with Crippen LogP contribution in [0.15, 0.2) is 60.9 Å². The zero-order chi connectivity index (χ0) is 19.9. The molecule has 0 amide bonds. The number of hydrogen-bond donors (Lipinski definition) is 1. The van der Waals surface area contributed by atoms with E-state index in [0.717, 1.165) is 38.5 Å².